The fourth-order valence-electron chi connectivity index (χ4n) is 1.57. The first-order chi connectivity index (χ1) is 9.67. The van der Waals surface area contributed by atoms with Crippen molar-refractivity contribution in [1.29, 1.82) is 0 Å². The molecule has 1 amide bonds. The molecule has 0 fully saturated rings. The molecule has 5 heteroatoms. The number of halogens is 1. The maximum absolute atomic E-state index is 12.7. The molecule has 2 N–H and O–H groups in total. The van der Waals surface area contributed by atoms with E-state index < -0.39 is 0 Å². The number of amides is 1. The maximum atomic E-state index is 12.7. The summed E-state index contributed by atoms with van der Waals surface area (Å²) in [7, 11) is 0. The molecule has 0 radical (unpaired) electrons. The number of anilines is 1. The lowest BCUT2D eigenvalue weighted by molar-refractivity contribution is -0.113. The Morgan fingerprint density at radius 3 is 2.35 bits per heavy atom. The molecule has 2 rings (SSSR count). The minimum atomic E-state index is -0.332. The zero-order valence-corrected chi connectivity index (χ0v) is 11.5. The Morgan fingerprint density at radius 1 is 1.10 bits per heavy atom. The van der Waals surface area contributed by atoms with Crippen molar-refractivity contribution in [2.45, 2.75) is 11.5 Å². The predicted octanol–water partition coefficient (Wildman–Crippen LogP) is 3.05. The summed E-state index contributed by atoms with van der Waals surface area (Å²) in [6.07, 6.45) is 0. The first kappa shape index (κ1) is 14.6. The van der Waals surface area contributed by atoms with Crippen molar-refractivity contribution in [2.75, 3.05) is 11.1 Å². The summed E-state index contributed by atoms with van der Waals surface area (Å²) in [5, 5.41) is 11.6. The van der Waals surface area contributed by atoms with Crippen LogP contribution in [0.1, 0.15) is 5.56 Å². The number of aliphatic hydroxyl groups is 1. The minimum Gasteiger partial charge on any atom is -0.392 e. The summed E-state index contributed by atoms with van der Waals surface area (Å²) in [6.45, 7) is 0.00992. The van der Waals surface area contributed by atoms with Crippen LogP contribution in [0, 0.1) is 5.82 Å². The Balaban J connectivity index is 1.83. The number of aliphatic hydroxyl groups excluding tert-OH is 1. The van der Waals surface area contributed by atoms with Gasteiger partial charge >= 0.3 is 0 Å². The van der Waals surface area contributed by atoms with Gasteiger partial charge in [-0.1, -0.05) is 12.1 Å². The third kappa shape index (κ3) is 4.36. The van der Waals surface area contributed by atoms with Gasteiger partial charge in [-0.2, -0.15) is 0 Å². The molecular weight excluding hydrogens is 277 g/mol. The molecule has 0 heterocycles. The van der Waals surface area contributed by atoms with Crippen LogP contribution in [0.2, 0.25) is 0 Å². The molecule has 0 atom stereocenters. The normalized spacial score (nSPS) is 10.3. The van der Waals surface area contributed by atoms with Crippen LogP contribution in [0.4, 0.5) is 10.1 Å². The van der Waals surface area contributed by atoms with E-state index in [-0.39, 0.29) is 24.1 Å². The lowest BCUT2D eigenvalue weighted by Crippen LogP contribution is -2.13. The molecule has 2 aromatic carbocycles. The lowest BCUT2D eigenvalue weighted by Gasteiger charge is -2.05. The van der Waals surface area contributed by atoms with E-state index in [1.54, 1.807) is 0 Å². The maximum Gasteiger partial charge on any atom is 0.234 e. The molecular formula is C15H14FNO2S. The third-order valence-corrected chi connectivity index (χ3v) is 3.62. The summed E-state index contributed by atoms with van der Waals surface area (Å²) >= 11 is 1.40. The highest BCUT2D eigenvalue weighted by atomic mass is 32.2. The molecule has 3 nitrogen and oxygen atoms in total. The van der Waals surface area contributed by atoms with Crippen molar-refractivity contribution in [1.82, 2.24) is 0 Å². The van der Waals surface area contributed by atoms with E-state index in [0.717, 1.165) is 10.5 Å². The van der Waals surface area contributed by atoms with Gasteiger partial charge in [0.05, 0.1) is 12.4 Å². The molecule has 0 aliphatic heterocycles. The number of nitrogens with one attached hydrogen (secondary N) is 1. The Bertz CT molecular complexity index is 569. The van der Waals surface area contributed by atoms with Gasteiger partial charge in [0.1, 0.15) is 5.82 Å². The summed E-state index contributed by atoms with van der Waals surface area (Å²) in [4.78, 5) is 12.7. The molecule has 0 saturated carbocycles. The second kappa shape index (κ2) is 7.07. The zero-order valence-electron chi connectivity index (χ0n) is 10.7. The third-order valence-electron chi connectivity index (χ3n) is 2.60. The van der Waals surface area contributed by atoms with E-state index in [1.807, 2.05) is 24.3 Å². The van der Waals surface area contributed by atoms with Crippen LogP contribution in [0.5, 0.6) is 0 Å². The largest absolute Gasteiger partial charge is 0.392 e. The molecule has 20 heavy (non-hydrogen) atoms. The van der Waals surface area contributed by atoms with E-state index in [9.17, 15) is 9.18 Å². The molecule has 2 aromatic rings. The minimum absolute atomic E-state index is 0.00992. The van der Waals surface area contributed by atoms with Gasteiger partial charge in [-0.3, -0.25) is 4.79 Å². The second-order valence-corrected chi connectivity index (χ2v) is 5.19. The van der Waals surface area contributed by atoms with Crippen molar-refractivity contribution in [3.63, 3.8) is 0 Å². The van der Waals surface area contributed by atoms with E-state index >= 15 is 0 Å². The number of hydrogen-bond donors (Lipinski definition) is 2. The van der Waals surface area contributed by atoms with Gasteiger partial charge in [-0.15, -0.1) is 11.8 Å². The fraction of sp³-hybridized carbons (Fsp3) is 0.133. The SMILES string of the molecule is O=C(CSc1ccc(CO)cc1)Nc1ccc(F)cc1. The van der Waals surface area contributed by atoms with Crippen LogP contribution in [0.3, 0.4) is 0 Å². The highest BCUT2D eigenvalue weighted by Crippen LogP contribution is 2.19. The Morgan fingerprint density at radius 2 is 1.75 bits per heavy atom. The standard InChI is InChI=1S/C15H14FNO2S/c16-12-3-5-13(6-4-12)17-15(19)10-20-14-7-1-11(9-18)2-8-14/h1-8,18H,9-10H2,(H,17,19). The summed E-state index contributed by atoms with van der Waals surface area (Å²) in [5.41, 5.74) is 1.41. The number of carbonyl (C=O) groups is 1. The monoisotopic (exact) mass is 291 g/mol. The first-order valence-electron chi connectivity index (χ1n) is 6.05. The van der Waals surface area contributed by atoms with E-state index in [1.165, 1.54) is 36.0 Å². The second-order valence-electron chi connectivity index (χ2n) is 4.15. The van der Waals surface area contributed by atoms with Crippen LogP contribution in [-0.4, -0.2) is 16.8 Å². The topological polar surface area (TPSA) is 49.3 Å². The Labute approximate surface area is 120 Å². The van der Waals surface area contributed by atoms with Crippen molar-refractivity contribution in [2.24, 2.45) is 0 Å². The van der Waals surface area contributed by atoms with Crippen LogP contribution in [0.25, 0.3) is 0 Å². The summed E-state index contributed by atoms with van der Waals surface area (Å²) in [5.74, 6) is -0.204. The molecule has 0 aliphatic rings. The number of carbonyl (C=O) groups excluding carboxylic acids is 1. The number of rotatable bonds is 5. The summed E-state index contributed by atoms with van der Waals surface area (Å²) < 4.78 is 12.7. The van der Waals surface area contributed by atoms with Gasteiger partial charge in [-0.25, -0.2) is 4.39 Å². The number of thioether (sulfide) groups is 1. The van der Waals surface area contributed by atoms with Crippen LogP contribution in [0.15, 0.2) is 53.4 Å². The zero-order chi connectivity index (χ0) is 14.4. The Hall–Kier alpha value is -1.85. The number of hydrogen-bond acceptors (Lipinski definition) is 3. The molecule has 0 unspecified atom stereocenters. The van der Waals surface area contributed by atoms with Gasteiger partial charge in [0.25, 0.3) is 0 Å². The number of benzene rings is 2. The lowest BCUT2D eigenvalue weighted by atomic mass is 10.2. The highest BCUT2D eigenvalue weighted by Gasteiger charge is 2.04. The molecule has 0 aromatic heterocycles. The van der Waals surface area contributed by atoms with E-state index in [4.69, 9.17) is 5.11 Å². The quantitative estimate of drug-likeness (QED) is 0.832. The van der Waals surface area contributed by atoms with Crippen molar-refractivity contribution in [3.8, 4) is 0 Å². The molecule has 0 spiro atoms. The highest BCUT2D eigenvalue weighted by molar-refractivity contribution is 8.00. The Kier molecular flexibility index (Phi) is 5.15. The van der Waals surface area contributed by atoms with Crippen molar-refractivity contribution >= 4 is 23.4 Å². The molecule has 0 saturated heterocycles. The van der Waals surface area contributed by atoms with E-state index in [2.05, 4.69) is 5.32 Å². The molecule has 0 bridgehead atoms. The molecule has 104 valence electrons. The molecule has 0 aliphatic carbocycles. The smallest absolute Gasteiger partial charge is 0.234 e. The van der Waals surface area contributed by atoms with Crippen LogP contribution < -0.4 is 5.32 Å². The first-order valence-corrected chi connectivity index (χ1v) is 7.04. The average Bonchev–Trinajstić information content (AvgIpc) is 2.48. The summed E-state index contributed by atoms with van der Waals surface area (Å²) in [6, 6.07) is 13.0. The predicted molar refractivity (Wildman–Crippen MR) is 78.1 cm³/mol. The average molecular weight is 291 g/mol. The van der Waals surface area contributed by atoms with Gasteiger partial charge in [0.2, 0.25) is 5.91 Å². The van der Waals surface area contributed by atoms with Crippen LogP contribution in [-0.2, 0) is 11.4 Å². The van der Waals surface area contributed by atoms with Crippen molar-refractivity contribution in [3.05, 3.63) is 59.9 Å². The van der Waals surface area contributed by atoms with E-state index in [0.29, 0.717) is 5.69 Å². The van der Waals surface area contributed by atoms with Crippen molar-refractivity contribution < 1.29 is 14.3 Å². The van der Waals surface area contributed by atoms with Gasteiger partial charge in [0.15, 0.2) is 0 Å². The van der Waals surface area contributed by atoms with Gasteiger partial charge < -0.3 is 10.4 Å². The fourth-order valence-corrected chi connectivity index (χ4v) is 2.27. The van der Waals surface area contributed by atoms with Gasteiger partial charge in [0, 0.05) is 10.6 Å². The van der Waals surface area contributed by atoms with Crippen LogP contribution >= 0.6 is 11.8 Å². The van der Waals surface area contributed by atoms with Gasteiger partial charge in [-0.05, 0) is 42.0 Å².